The van der Waals surface area contributed by atoms with E-state index >= 15 is 0 Å². The number of para-hydroxylation sites is 1. The summed E-state index contributed by atoms with van der Waals surface area (Å²) in [5.41, 5.74) is 0. The summed E-state index contributed by atoms with van der Waals surface area (Å²) in [6, 6.07) is 9.60. The van der Waals surface area contributed by atoms with E-state index in [1.54, 1.807) is 0 Å². The van der Waals surface area contributed by atoms with E-state index in [0.717, 1.165) is 5.75 Å². The van der Waals surface area contributed by atoms with Gasteiger partial charge in [0.2, 0.25) is 11.8 Å². The third-order valence-electron chi connectivity index (χ3n) is 4.22. The molecule has 0 bridgehead atoms. The minimum atomic E-state index is 0.00881. The van der Waals surface area contributed by atoms with Crippen LogP contribution in [0.2, 0.25) is 0 Å². The van der Waals surface area contributed by atoms with Crippen LogP contribution in [-0.2, 0) is 9.59 Å². The first kappa shape index (κ1) is 13.9. The number of carbonyl (C=O) groups is 2. The maximum absolute atomic E-state index is 12.1. The molecule has 2 fully saturated rings. The average Bonchev–Trinajstić information content (AvgIpc) is 3.07. The number of ether oxygens (including phenoxy) is 1. The predicted octanol–water partition coefficient (Wildman–Crippen LogP) is 1.05. The highest BCUT2D eigenvalue weighted by molar-refractivity contribution is 5.84. The minimum Gasteiger partial charge on any atom is -0.494 e. The van der Waals surface area contributed by atoms with Crippen molar-refractivity contribution >= 4 is 11.8 Å². The van der Waals surface area contributed by atoms with Gasteiger partial charge in [-0.05, 0) is 18.6 Å². The summed E-state index contributed by atoms with van der Waals surface area (Å²) in [6.45, 7) is 2.54. The molecule has 1 aromatic carbocycles. The fourth-order valence-corrected chi connectivity index (χ4v) is 3.03. The smallest absolute Gasteiger partial charge is 0.225 e. The number of rotatable bonds is 5. The quantitative estimate of drug-likeness (QED) is 0.824. The molecule has 1 aromatic rings. The second-order valence-electron chi connectivity index (χ2n) is 5.68. The first-order valence-corrected chi connectivity index (χ1v) is 7.47. The molecule has 0 saturated carbocycles. The van der Waals surface area contributed by atoms with E-state index in [0.29, 0.717) is 45.0 Å². The third kappa shape index (κ3) is 3.17. The lowest BCUT2D eigenvalue weighted by molar-refractivity contribution is -0.131. The molecule has 5 heteroatoms. The van der Waals surface area contributed by atoms with Gasteiger partial charge >= 0.3 is 0 Å². The number of likely N-dealkylation sites (tertiary alicyclic amines) is 1. The van der Waals surface area contributed by atoms with Crippen LogP contribution in [0.25, 0.3) is 0 Å². The Labute approximate surface area is 124 Å². The Morgan fingerprint density at radius 3 is 2.86 bits per heavy atom. The number of hydrogen-bond donors (Lipinski definition) is 1. The molecule has 2 aliphatic heterocycles. The molecule has 0 spiro atoms. The van der Waals surface area contributed by atoms with Gasteiger partial charge in [-0.3, -0.25) is 9.59 Å². The van der Waals surface area contributed by atoms with Crippen LogP contribution in [-0.4, -0.2) is 43.0 Å². The van der Waals surface area contributed by atoms with Crippen molar-refractivity contribution in [2.75, 3.05) is 26.2 Å². The van der Waals surface area contributed by atoms with Crippen molar-refractivity contribution in [1.82, 2.24) is 10.2 Å². The van der Waals surface area contributed by atoms with Gasteiger partial charge in [-0.2, -0.15) is 0 Å². The van der Waals surface area contributed by atoms with Gasteiger partial charge in [0.05, 0.1) is 12.5 Å². The van der Waals surface area contributed by atoms with Crippen LogP contribution < -0.4 is 10.1 Å². The number of benzene rings is 1. The van der Waals surface area contributed by atoms with Crippen LogP contribution in [0.1, 0.15) is 12.8 Å². The minimum absolute atomic E-state index is 0.00881. The largest absolute Gasteiger partial charge is 0.494 e. The molecular weight excluding hydrogens is 268 g/mol. The lowest BCUT2D eigenvalue weighted by Crippen LogP contribution is -2.33. The molecule has 5 nitrogen and oxygen atoms in total. The summed E-state index contributed by atoms with van der Waals surface area (Å²) < 4.78 is 5.58. The second-order valence-corrected chi connectivity index (χ2v) is 5.68. The van der Waals surface area contributed by atoms with Crippen molar-refractivity contribution < 1.29 is 14.3 Å². The normalized spacial score (nSPS) is 23.8. The fourth-order valence-electron chi connectivity index (χ4n) is 3.03. The SMILES string of the molecule is O=C1NC[C@H]2CN(C(=O)CCCOc3ccccc3)C[C@@H]12. The summed E-state index contributed by atoms with van der Waals surface area (Å²) >= 11 is 0. The molecule has 2 heterocycles. The van der Waals surface area contributed by atoms with Gasteiger partial charge in [0.1, 0.15) is 5.75 Å². The Balaban J connectivity index is 1.38. The lowest BCUT2D eigenvalue weighted by Gasteiger charge is -2.17. The van der Waals surface area contributed by atoms with Crippen LogP contribution in [0.5, 0.6) is 5.75 Å². The highest BCUT2D eigenvalue weighted by Crippen LogP contribution is 2.27. The van der Waals surface area contributed by atoms with Gasteiger partial charge in [-0.1, -0.05) is 18.2 Å². The van der Waals surface area contributed by atoms with Crippen LogP contribution >= 0.6 is 0 Å². The van der Waals surface area contributed by atoms with E-state index in [2.05, 4.69) is 5.32 Å². The zero-order valence-corrected chi connectivity index (χ0v) is 12.0. The third-order valence-corrected chi connectivity index (χ3v) is 4.22. The van der Waals surface area contributed by atoms with Gasteiger partial charge in [0, 0.05) is 32.0 Å². The van der Waals surface area contributed by atoms with Crippen molar-refractivity contribution in [3.63, 3.8) is 0 Å². The summed E-state index contributed by atoms with van der Waals surface area (Å²) in [5, 5.41) is 2.85. The number of nitrogens with one attached hydrogen (secondary N) is 1. The number of fused-ring (bicyclic) bond motifs is 1. The summed E-state index contributed by atoms with van der Waals surface area (Å²) in [5.74, 6) is 1.38. The molecule has 112 valence electrons. The van der Waals surface area contributed by atoms with Crippen LogP contribution in [0, 0.1) is 11.8 Å². The molecular formula is C16H20N2O3. The number of nitrogens with zero attached hydrogens (tertiary/aromatic N) is 1. The van der Waals surface area contributed by atoms with Gasteiger partial charge < -0.3 is 15.0 Å². The molecule has 21 heavy (non-hydrogen) atoms. The van der Waals surface area contributed by atoms with E-state index in [9.17, 15) is 9.59 Å². The molecule has 1 N–H and O–H groups in total. The van der Waals surface area contributed by atoms with E-state index in [4.69, 9.17) is 4.74 Å². The molecule has 2 amide bonds. The van der Waals surface area contributed by atoms with Gasteiger partial charge in [-0.25, -0.2) is 0 Å². The molecule has 0 aromatic heterocycles. The highest BCUT2D eigenvalue weighted by atomic mass is 16.5. The number of amides is 2. The van der Waals surface area contributed by atoms with Crippen molar-refractivity contribution in [2.24, 2.45) is 11.8 Å². The summed E-state index contributed by atoms with van der Waals surface area (Å²) in [4.78, 5) is 25.5. The Kier molecular flexibility index (Phi) is 4.08. The molecule has 3 rings (SSSR count). The van der Waals surface area contributed by atoms with Gasteiger partial charge in [0.15, 0.2) is 0 Å². The van der Waals surface area contributed by atoms with E-state index < -0.39 is 0 Å². The lowest BCUT2D eigenvalue weighted by atomic mass is 10.0. The monoisotopic (exact) mass is 288 g/mol. The van der Waals surface area contributed by atoms with Crippen molar-refractivity contribution in [3.8, 4) is 5.75 Å². The number of hydrogen-bond acceptors (Lipinski definition) is 3. The van der Waals surface area contributed by atoms with E-state index in [1.165, 1.54) is 0 Å². The van der Waals surface area contributed by atoms with Crippen LogP contribution in [0.15, 0.2) is 30.3 Å². The summed E-state index contributed by atoms with van der Waals surface area (Å²) in [6.07, 6.45) is 1.18. The predicted molar refractivity (Wildman–Crippen MR) is 77.7 cm³/mol. The highest BCUT2D eigenvalue weighted by Gasteiger charge is 2.43. The van der Waals surface area contributed by atoms with Crippen molar-refractivity contribution in [2.45, 2.75) is 12.8 Å². The standard InChI is InChI=1S/C16H20N2O3/c19-15(7-4-8-21-13-5-2-1-3-6-13)18-10-12-9-17-16(20)14(12)11-18/h1-3,5-6,12,14H,4,7-11H2,(H,17,20)/t12-,14+/m0/s1. The van der Waals surface area contributed by atoms with Crippen LogP contribution in [0.3, 0.4) is 0 Å². The van der Waals surface area contributed by atoms with Crippen LogP contribution in [0.4, 0.5) is 0 Å². The molecule has 2 aliphatic rings. The first-order chi connectivity index (χ1) is 10.2. The Hall–Kier alpha value is -2.04. The van der Waals surface area contributed by atoms with Gasteiger partial charge in [0.25, 0.3) is 0 Å². The van der Waals surface area contributed by atoms with Crippen molar-refractivity contribution in [3.05, 3.63) is 30.3 Å². The Morgan fingerprint density at radius 2 is 2.10 bits per heavy atom. The molecule has 2 saturated heterocycles. The fraction of sp³-hybridized carbons (Fsp3) is 0.500. The molecule has 2 atom stereocenters. The second kappa shape index (κ2) is 6.16. The van der Waals surface area contributed by atoms with E-state index in [1.807, 2.05) is 35.2 Å². The van der Waals surface area contributed by atoms with Crippen molar-refractivity contribution in [1.29, 1.82) is 0 Å². The van der Waals surface area contributed by atoms with E-state index in [-0.39, 0.29) is 17.7 Å². The molecule has 0 unspecified atom stereocenters. The maximum atomic E-state index is 12.1. The molecule has 0 aliphatic carbocycles. The summed E-state index contributed by atoms with van der Waals surface area (Å²) in [7, 11) is 0. The zero-order chi connectivity index (χ0) is 14.7. The number of carbonyl (C=O) groups excluding carboxylic acids is 2. The zero-order valence-electron chi connectivity index (χ0n) is 12.0. The average molecular weight is 288 g/mol. The van der Waals surface area contributed by atoms with Gasteiger partial charge in [-0.15, -0.1) is 0 Å². The Morgan fingerprint density at radius 1 is 1.29 bits per heavy atom. The molecule has 0 radical (unpaired) electrons. The first-order valence-electron chi connectivity index (χ1n) is 7.47. The topological polar surface area (TPSA) is 58.6 Å². The maximum Gasteiger partial charge on any atom is 0.225 e. The Bertz CT molecular complexity index is 518.